The minimum absolute atomic E-state index is 0. The second-order valence-electron chi connectivity index (χ2n) is 7.26. The third-order valence-corrected chi connectivity index (χ3v) is 5.16. The van der Waals surface area contributed by atoms with E-state index in [9.17, 15) is 4.79 Å². The minimum atomic E-state index is -0.313. The maximum Gasteiger partial charge on any atom is 0.251 e. The first-order chi connectivity index (χ1) is 11.0. The van der Waals surface area contributed by atoms with Gasteiger partial charge in [0.15, 0.2) is 0 Å². The number of piperidine rings is 1. The predicted molar refractivity (Wildman–Crippen MR) is 101 cm³/mol. The Hall–Kier alpha value is -1.04. The molecule has 0 saturated carbocycles. The summed E-state index contributed by atoms with van der Waals surface area (Å²) in [6.07, 6.45) is 1.69. The van der Waals surface area contributed by atoms with Crippen molar-refractivity contribution in [3.05, 3.63) is 35.9 Å². The van der Waals surface area contributed by atoms with Crippen molar-refractivity contribution in [2.75, 3.05) is 19.6 Å². The molecule has 24 heavy (non-hydrogen) atoms. The molecule has 0 radical (unpaired) electrons. The van der Waals surface area contributed by atoms with Gasteiger partial charge in [0.25, 0.3) is 5.91 Å². The number of rotatable bonds is 3. The van der Waals surface area contributed by atoms with Crippen molar-refractivity contribution < 1.29 is 9.53 Å². The van der Waals surface area contributed by atoms with E-state index < -0.39 is 0 Å². The van der Waals surface area contributed by atoms with E-state index in [1.54, 1.807) is 0 Å². The van der Waals surface area contributed by atoms with E-state index in [4.69, 9.17) is 4.74 Å². The van der Waals surface area contributed by atoms with Crippen molar-refractivity contribution in [3.8, 4) is 0 Å². The largest absolute Gasteiger partial charge is 0.360 e. The van der Waals surface area contributed by atoms with Crippen molar-refractivity contribution in [2.24, 2.45) is 0 Å². The zero-order chi connectivity index (χ0) is 16.4. The van der Waals surface area contributed by atoms with Gasteiger partial charge in [-0.3, -0.25) is 9.69 Å². The van der Waals surface area contributed by atoms with Gasteiger partial charge in [-0.25, -0.2) is 0 Å². The van der Waals surface area contributed by atoms with Crippen LogP contribution >= 0.6 is 13.5 Å². The minimum Gasteiger partial charge on any atom is -0.360 e. The van der Waals surface area contributed by atoms with E-state index in [-0.39, 0.29) is 37.1 Å². The van der Waals surface area contributed by atoms with Crippen LogP contribution in [-0.4, -0.2) is 53.1 Å². The van der Waals surface area contributed by atoms with Crippen molar-refractivity contribution in [3.63, 3.8) is 0 Å². The Morgan fingerprint density at radius 2 is 1.83 bits per heavy atom. The average molecular weight is 351 g/mol. The lowest BCUT2D eigenvalue weighted by molar-refractivity contribution is -0.193. The number of amides is 1. The highest BCUT2D eigenvalue weighted by molar-refractivity contribution is 7.59. The molecule has 0 aromatic heterocycles. The quantitative estimate of drug-likeness (QED) is 0.840. The molecule has 0 bridgehead atoms. The van der Waals surface area contributed by atoms with Gasteiger partial charge in [-0.15, -0.1) is 0 Å². The Labute approximate surface area is 152 Å². The fraction of sp³-hybridized carbons (Fsp3) is 0.632. The van der Waals surface area contributed by atoms with E-state index >= 15 is 0 Å². The molecule has 1 aromatic rings. The number of benzene rings is 1. The second kappa shape index (κ2) is 7.89. The van der Waals surface area contributed by atoms with Crippen LogP contribution in [0.15, 0.2) is 30.3 Å². The third kappa shape index (κ3) is 4.13. The maximum absolute atomic E-state index is 12.3. The average Bonchev–Trinajstić information content (AvgIpc) is 2.54. The molecule has 0 N–H and O–H groups in total. The fourth-order valence-electron chi connectivity index (χ4n) is 3.76. The molecule has 2 aliphatic heterocycles. The molecule has 2 heterocycles. The number of nitrogens with zero attached hydrogens (tertiary/aromatic N) is 2. The number of hydrogen-bond donors (Lipinski definition) is 0. The number of hydrogen-bond acceptors (Lipinski definition) is 3. The maximum atomic E-state index is 12.3. The van der Waals surface area contributed by atoms with Gasteiger partial charge in [-0.2, -0.15) is 13.5 Å². The van der Waals surface area contributed by atoms with E-state index in [0.29, 0.717) is 0 Å². The Morgan fingerprint density at radius 1 is 1.21 bits per heavy atom. The molecular formula is C19H30N2O2S. The number of carbonyl (C=O) groups is 1. The molecule has 5 heteroatoms. The lowest BCUT2D eigenvalue weighted by Crippen LogP contribution is -2.62. The van der Waals surface area contributed by atoms with Crippen molar-refractivity contribution in [2.45, 2.75) is 57.9 Å². The van der Waals surface area contributed by atoms with Crippen LogP contribution in [0.4, 0.5) is 0 Å². The van der Waals surface area contributed by atoms with Crippen LogP contribution in [0.25, 0.3) is 0 Å². The molecule has 1 aromatic carbocycles. The van der Waals surface area contributed by atoms with Gasteiger partial charge < -0.3 is 9.64 Å². The Balaban J connectivity index is 0.00000208. The van der Waals surface area contributed by atoms with Crippen LogP contribution in [0.3, 0.4) is 0 Å². The van der Waals surface area contributed by atoms with E-state index in [1.807, 2.05) is 11.8 Å². The highest BCUT2D eigenvalue weighted by Gasteiger charge is 2.45. The van der Waals surface area contributed by atoms with Crippen LogP contribution in [0.2, 0.25) is 0 Å². The van der Waals surface area contributed by atoms with Gasteiger partial charge in [0.1, 0.15) is 6.10 Å². The number of ether oxygens (including phenoxy) is 1. The first-order valence-corrected chi connectivity index (χ1v) is 8.74. The summed E-state index contributed by atoms with van der Waals surface area (Å²) in [7, 11) is 0. The highest BCUT2D eigenvalue weighted by atomic mass is 32.1. The van der Waals surface area contributed by atoms with Crippen LogP contribution in [0.5, 0.6) is 0 Å². The van der Waals surface area contributed by atoms with Crippen LogP contribution in [-0.2, 0) is 16.1 Å². The standard InChI is InChI=1S/C19H28N2O2.H2S/c1-15(2)21-14-19(23-16(3)18(21)22)9-11-20(12-10-19)13-17-7-5-4-6-8-17;/h4-8,15-16H,9-14H2,1-3H3;1H2/t16-;/m0./s1. The summed E-state index contributed by atoms with van der Waals surface area (Å²) in [5, 5.41) is 0. The van der Waals surface area contributed by atoms with E-state index in [2.05, 4.69) is 49.1 Å². The molecule has 0 unspecified atom stereocenters. The molecule has 3 rings (SSSR count). The molecular weight excluding hydrogens is 320 g/mol. The summed E-state index contributed by atoms with van der Waals surface area (Å²) in [6, 6.07) is 10.9. The monoisotopic (exact) mass is 350 g/mol. The first kappa shape index (κ1) is 19.3. The molecule has 4 nitrogen and oxygen atoms in total. The van der Waals surface area contributed by atoms with Crippen LogP contribution < -0.4 is 0 Å². The van der Waals surface area contributed by atoms with Crippen LogP contribution in [0.1, 0.15) is 39.2 Å². The molecule has 1 amide bonds. The molecule has 2 aliphatic rings. The van der Waals surface area contributed by atoms with E-state index in [1.165, 1.54) is 5.56 Å². The predicted octanol–water partition coefficient (Wildman–Crippen LogP) is 2.79. The Morgan fingerprint density at radius 3 is 2.42 bits per heavy atom. The lowest BCUT2D eigenvalue weighted by Gasteiger charge is -2.50. The summed E-state index contributed by atoms with van der Waals surface area (Å²) in [6.45, 7) is 9.88. The number of morpholine rings is 1. The van der Waals surface area contributed by atoms with Gasteiger partial charge in [0.05, 0.1) is 12.1 Å². The molecule has 2 fully saturated rings. The Kier molecular flexibility index (Phi) is 6.34. The number of carbonyl (C=O) groups excluding carboxylic acids is 1. The van der Waals surface area contributed by atoms with Crippen LogP contribution in [0, 0.1) is 0 Å². The van der Waals surface area contributed by atoms with E-state index in [0.717, 1.165) is 39.0 Å². The topological polar surface area (TPSA) is 32.8 Å². The van der Waals surface area contributed by atoms with Gasteiger partial charge in [-0.05, 0) is 39.2 Å². The summed E-state index contributed by atoms with van der Waals surface area (Å²) in [5.41, 5.74) is 1.21. The molecule has 1 atom stereocenters. The first-order valence-electron chi connectivity index (χ1n) is 8.74. The Bertz CT molecular complexity index is 542. The van der Waals surface area contributed by atoms with Gasteiger partial charge in [0, 0.05) is 25.7 Å². The molecule has 0 aliphatic carbocycles. The SMILES string of the molecule is CC(C)N1CC2(CCN(Cc3ccccc3)CC2)O[C@@H](C)C1=O.S. The molecule has 2 saturated heterocycles. The lowest BCUT2D eigenvalue weighted by atomic mass is 9.87. The fourth-order valence-corrected chi connectivity index (χ4v) is 3.76. The summed E-state index contributed by atoms with van der Waals surface area (Å²) in [5.74, 6) is 0.136. The van der Waals surface area contributed by atoms with Gasteiger partial charge >= 0.3 is 0 Å². The van der Waals surface area contributed by atoms with Gasteiger partial charge in [-0.1, -0.05) is 30.3 Å². The zero-order valence-corrected chi connectivity index (χ0v) is 16.0. The van der Waals surface area contributed by atoms with Crippen molar-refractivity contribution in [1.29, 1.82) is 0 Å². The molecule has 1 spiro atoms. The summed E-state index contributed by atoms with van der Waals surface area (Å²) >= 11 is 0. The van der Waals surface area contributed by atoms with Crippen molar-refractivity contribution >= 4 is 19.4 Å². The summed E-state index contributed by atoms with van der Waals surface area (Å²) < 4.78 is 6.19. The van der Waals surface area contributed by atoms with Crippen molar-refractivity contribution in [1.82, 2.24) is 9.80 Å². The summed E-state index contributed by atoms with van der Waals surface area (Å²) in [4.78, 5) is 16.8. The normalized spacial score (nSPS) is 24.2. The van der Waals surface area contributed by atoms with Gasteiger partial charge in [0.2, 0.25) is 0 Å². The third-order valence-electron chi connectivity index (χ3n) is 5.16. The number of likely N-dealkylation sites (tertiary alicyclic amines) is 1. The zero-order valence-electron chi connectivity index (χ0n) is 15.0. The molecule has 134 valence electrons. The highest BCUT2D eigenvalue weighted by Crippen LogP contribution is 2.34. The second-order valence-corrected chi connectivity index (χ2v) is 7.26. The smallest absolute Gasteiger partial charge is 0.251 e.